The van der Waals surface area contributed by atoms with Gasteiger partial charge in [0.25, 0.3) is 0 Å². The molecule has 1 saturated carbocycles. The van der Waals surface area contributed by atoms with Gasteiger partial charge in [0.15, 0.2) is 0 Å². The van der Waals surface area contributed by atoms with Gasteiger partial charge in [-0.15, -0.1) is 0 Å². The van der Waals surface area contributed by atoms with Crippen LogP contribution < -0.4 is 5.32 Å². The Balaban J connectivity index is 1.67. The van der Waals surface area contributed by atoms with E-state index in [4.69, 9.17) is 34.8 Å². The molecule has 3 aromatic carbocycles. The maximum atomic E-state index is 13.8. The molecular weight excluding hydrogens is 515 g/mol. The van der Waals surface area contributed by atoms with Gasteiger partial charge in [-0.05, 0) is 53.8 Å². The average molecular weight is 544 g/mol. The summed E-state index contributed by atoms with van der Waals surface area (Å²) < 4.78 is 0. The molecule has 4 rings (SSSR count). The molecule has 4 nitrogen and oxygen atoms in total. The van der Waals surface area contributed by atoms with Crippen LogP contribution in [0.3, 0.4) is 0 Å². The maximum absolute atomic E-state index is 13.8. The van der Waals surface area contributed by atoms with Crippen LogP contribution in [0.25, 0.3) is 0 Å². The molecule has 3 aromatic rings. The molecule has 1 aliphatic rings. The Morgan fingerprint density at radius 3 is 2.19 bits per heavy atom. The van der Waals surface area contributed by atoms with Crippen molar-refractivity contribution in [1.29, 1.82) is 0 Å². The van der Waals surface area contributed by atoms with E-state index in [9.17, 15) is 9.59 Å². The molecule has 0 aromatic heterocycles. The minimum atomic E-state index is -0.695. The second-order valence-electron chi connectivity index (χ2n) is 9.26. The smallest absolute Gasteiger partial charge is 0.243 e. The van der Waals surface area contributed by atoms with E-state index < -0.39 is 6.04 Å². The lowest BCUT2D eigenvalue weighted by molar-refractivity contribution is -0.141. The van der Waals surface area contributed by atoms with Crippen LogP contribution in [-0.2, 0) is 29.0 Å². The lowest BCUT2D eigenvalue weighted by Crippen LogP contribution is -2.52. The zero-order valence-corrected chi connectivity index (χ0v) is 22.2. The molecular formula is C29H29Cl3N2O2. The van der Waals surface area contributed by atoms with Crippen molar-refractivity contribution < 1.29 is 9.59 Å². The number of rotatable bonds is 9. The van der Waals surface area contributed by atoms with Crippen molar-refractivity contribution in [2.75, 3.05) is 0 Å². The van der Waals surface area contributed by atoms with Crippen molar-refractivity contribution in [2.45, 2.75) is 57.2 Å². The molecule has 0 unspecified atom stereocenters. The average Bonchev–Trinajstić information content (AvgIpc) is 3.37. The lowest BCUT2D eigenvalue weighted by atomic mass is 10.0. The molecule has 7 heteroatoms. The topological polar surface area (TPSA) is 49.4 Å². The van der Waals surface area contributed by atoms with Crippen molar-refractivity contribution in [3.8, 4) is 0 Å². The number of carbonyl (C=O) groups excluding carboxylic acids is 2. The fourth-order valence-electron chi connectivity index (χ4n) is 4.63. The van der Waals surface area contributed by atoms with Crippen molar-refractivity contribution in [3.63, 3.8) is 0 Å². The standard InChI is InChI=1S/C29H29Cl3N2O2/c30-23-13-10-21(11-14-23)17-28(35)34(19-22-12-15-24(31)18-26(22)32)27(16-20-6-2-1-3-7-20)29(36)33-25-8-4-5-9-25/h1-3,6-7,10-15,18,25,27H,4-5,8-9,16-17,19H2,(H,33,36)/t27-/m0/s1. The van der Waals surface area contributed by atoms with Gasteiger partial charge in [0.1, 0.15) is 6.04 Å². The number of hydrogen-bond donors (Lipinski definition) is 1. The summed E-state index contributed by atoms with van der Waals surface area (Å²) in [5.74, 6) is -0.300. The molecule has 188 valence electrons. The van der Waals surface area contributed by atoms with Gasteiger partial charge in [-0.3, -0.25) is 9.59 Å². The SMILES string of the molecule is O=C(NC1CCCC1)[C@H](Cc1ccccc1)N(Cc1ccc(Cl)cc1Cl)C(=O)Cc1ccc(Cl)cc1. The summed E-state index contributed by atoms with van der Waals surface area (Å²) >= 11 is 18.6. The molecule has 0 aliphatic heterocycles. The highest BCUT2D eigenvalue weighted by atomic mass is 35.5. The molecule has 1 N–H and O–H groups in total. The molecule has 2 amide bonds. The summed E-state index contributed by atoms with van der Waals surface area (Å²) in [6.07, 6.45) is 4.68. The first-order chi connectivity index (χ1) is 17.4. The molecule has 1 atom stereocenters. The first-order valence-corrected chi connectivity index (χ1v) is 13.3. The highest BCUT2D eigenvalue weighted by Crippen LogP contribution is 2.25. The van der Waals surface area contributed by atoms with Crippen molar-refractivity contribution in [3.05, 3.63) is 105 Å². The monoisotopic (exact) mass is 542 g/mol. The number of benzene rings is 3. The second kappa shape index (κ2) is 12.6. The quantitative estimate of drug-likeness (QED) is 0.319. The van der Waals surface area contributed by atoms with Crippen LogP contribution in [0, 0.1) is 0 Å². The van der Waals surface area contributed by atoms with E-state index in [2.05, 4.69) is 5.32 Å². The number of nitrogens with zero attached hydrogens (tertiary/aromatic N) is 1. The van der Waals surface area contributed by atoms with E-state index in [0.717, 1.165) is 42.4 Å². The fraction of sp³-hybridized carbons (Fsp3) is 0.310. The van der Waals surface area contributed by atoms with Gasteiger partial charge >= 0.3 is 0 Å². The summed E-state index contributed by atoms with van der Waals surface area (Å²) in [6.45, 7) is 0.192. The molecule has 0 radical (unpaired) electrons. The van der Waals surface area contributed by atoms with Gasteiger partial charge < -0.3 is 10.2 Å². The normalized spacial score (nSPS) is 14.4. The Labute approximate surface area is 227 Å². The van der Waals surface area contributed by atoms with Crippen LogP contribution in [0.1, 0.15) is 42.4 Å². The Hall–Kier alpha value is -2.53. The zero-order chi connectivity index (χ0) is 25.5. The van der Waals surface area contributed by atoms with Crippen molar-refractivity contribution >= 4 is 46.6 Å². The van der Waals surface area contributed by atoms with Gasteiger partial charge in [0, 0.05) is 34.1 Å². The van der Waals surface area contributed by atoms with Gasteiger partial charge in [-0.1, -0.05) is 96.2 Å². The molecule has 1 aliphatic carbocycles. The molecule has 0 bridgehead atoms. The number of nitrogens with one attached hydrogen (secondary N) is 1. The van der Waals surface area contributed by atoms with Gasteiger partial charge in [-0.2, -0.15) is 0 Å². The third-order valence-electron chi connectivity index (χ3n) is 6.60. The Bertz CT molecular complexity index is 1180. The number of halogens is 3. The molecule has 0 heterocycles. The van der Waals surface area contributed by atoms with E-state index in [-0.39, 0.29) is 30.8 Å². The van der Waals surface area contributed by atoms with Crippen molar-refractivity contribution in [1.82, 2.24) is 10.2 Å². The zero-order valence-electron chi connectivity index (χ0n) is 19.9. The van der Waals surface area contributed by atoms with Crippen LogP contribution >= 0.6 is 34.8 Å². The van der Waals surface area contributed by atoms with Crippen molar-refractivity contribution in [2.24, 2.45) is 0 Å². The summed E-state index contributed by atoms with van der Waals surface area (Å²) in [4.78, 5) is 29.2. The lowest BCUT2D eigenvalue weighted by Gasteiger charge is -2.32. The van der Waals surface area contributed by atoms with E-state index >= 15 is 0 Å². The third kappa shape index (κ3) is 7.25. The van der Waals surface area contributed by atoms with E-state index in [1.54, 1.807) is 29.2 Å². The Kier molecular flexibility index (Phi) is 9.30. The molecule has 36 heavy (non-hydrogen) atoms. The van der Waals surface area contributed by atoms with Crippen LogP contribution in [-0.4, -0.2) is 28.8 Å². The Morgan fingerprint density at radius 1 is 0.861 bits per heavy atom. The van der Waals surface area contributed by atoms with E-state index in [1.807, 2.05) is 48.5 Å². The third-order valence-corrected chi connectivity index (χ3v) is 7.44. The van der Waals surface area contributed by atoms with Gasteiger partial charge in [0.05, 0.1) is 6.42 Å². The van der Waals surface area contributed by atoms with Gasteiger partial charge in [-0.25, -0.2) is 0 Å². The number of hydrogen-bond acceptors (Lipinski definition) is 2. The van der Waals surface area contributed by atoms with E-state index in [1.165, 1.54) is 0 Å². The summed E-state index contributed by atoms with van der Waals surface area (Å²) in [5.41, 5.74) is 2.54. The summed E-state index contributed by atoms with van der Waals surface area (Å²) in [5, 5.41) is 4.79. The molecule has 0 spiro atoms. The minimum Gasteiger partial charge on any atom is -0.352 e. The number of amides is 2. The minimum absolute atomic E-state index is 0.139. The van der Waals surface area contributed by atoms with Crippen LogP contribution in [0.2, 0.25) is 15.1 Å². The predicted molar refractivity (Wildman–Crippen MR) is 147 cm³/mol. The van der Waals surface area contributed by atoms with Crippen LogP contribution in [0.4, 0.5) is 0 Å². The van der Waals surface area contributed by atoms with Gasteiger partial charge in [0.2, 0.25) is 11.8 Å². The Morgan fingerprint density at radius 2 is 1.53 bits per heavy atom. The van der Waals surface area contributed by atoms with E-state index in [0.29, 0.717) is 21.5 Å². The second-order valence-corrected chi connectivity index (χ2v) is 10.5. The van der Waals surface area contributed by atoms with Crippen LogP contribution in [0.15, 0.2) is 72.8 Å². The molecule has 1 fully saturated rings. The maximum Gasteiger partial charge on any atom is 0.243 e. The highest BCUT2D eigenvalue weighted by molar-refractivity contribution is 6.35. The largest absolute Gasteiger partial charge is 0.352 e. The summed E-state index contributed by atoms with van der Waals surface area (Å²) in [6, 6.07) is 21.6. The highest BCUT2D eigenvalue weighted by Gasteiger charge is 2.32. The fourth-order valence-corrected chi connectivity index (χ4v) is 5.23. The summed E-state index contributed by atoms with van der Waals surface area (Å²) in [7, 11) is 0. The first kappa shape index (κ1) is 26.5. The number of carbonyl (C=O) groups is 2. The van der Waals surface area contributed by atoms with Crippen LogP contribution in [0.5, 0.6) is 0 Å². The molecule has 0 saturated heterocycles. The first-order valence-electron chi connectivity index (χ1n) is 12.2. The predicted octanol–water partition coefficient (Wildman–Crippen LogP) is 6.89.